The van der Waals surface area contributed by atoms with Gasteiger partial charge in [-0.25, -0.2) is 4.79 Å². The Morgan fingerprint density at radius 3 is 2.21 bits per heavy atom. The number of carbonyl (C=O) groups excluding carboxylic acids is 3. The van der Waals surface area contributed by atoms with E-state index in [1.165, 1.54) is 11.0 Å². The molecule has 0 saturated heterocycles. The number of carbonyl (C=O) groups is 3. The molecule has 1 aromatic rings. The molecule has 0 heterocycles. The van der Waals surface area contributed by atoms with Crippen LogP contribution in [0.2, 0.25) is 0 Å². The molecule has 3 N–H and O–H groups in total. The van der Waals surface area contributed by atoms with Crippen LogP contribution in [0.5, 0.6) is 5.75 Å². The van der Waals surface area contributed by atoms with E-state index in [2.05, 4.69) is 23.3 Å². The monoisotopic (exact) mass is 479 g/mol. The third kappa shape index (κ3) is 7.55. The number of nitrogens with one attached hydrogen (secondary N) is 2. The summed E-state index contributed by atoms with van der Waals surface area (Å²) in [5, 5.41) is 16.1. The zero-order valence-corrected chi connectivity index (χ0v) is 21.2. The quantitative estimate of drug-likeness (QED) is 0.447. The highest BCUT2D eigenvalue weighted by atomic mass is 32.1. The highest BCUT2D eigenvalue weighted by Crippen LogP contribution is 2.37. The summed E-state index contributed by atoms with van der Waals surface area (Å²) >= 11 is 4.28. The zero-order valence-electron chi connectivity index (χ0n) is 20.3. The van der Waals surface area contributed by atoms with Crippen LogP contribution >= 0.6 is 12.6 Å². The first-order valence-corrected chi connectivity index (χ1v) is 11.9. The molecule has 2 rings (SSSR count). The van der Waals surface area contributed by atoms with Crippen LogP contribution < -0.4 is 10.6 Å². The highest BCUT2D eigenvalue weighted by Gasteiger charge is 2.43. The molecule has 0 aliphatic heterocycles. The van der Waals surface area contributed by atoms with E-state index in [-0.39, 0.29) is 17.5 Å². The normalized spacial score (nSPS) is 16.2. The standard InChI is InChI=1S/C24H37N3O5S/c1-23(2,3)26-20(29)19(16-12-7-8-13-18(16)28)27(15-10-9-11-15)21(30)17(14-33)25-22(31)32-24(4,5)6/h7-8,12-13,15,17,19,28,33H,9-11,14H2,1-6H3,(H,25,31)(H,26,29). The van der Waals surface area contributed by atoms with Crippen LogP contribution in [-0.4, -0.2) is 56.9 Å². The van der Waals surface area contributed by atoms with Crippen molar-refractivity contribution < 1.29 is 24.2 Å². The number of phenolic OH excluding ortho intramolecular Hbond substituents is 1. The number of amides is 3. The molecule has 184 valence electrons. The molecule has 1 saturated carbocycles. The molecule has 0 aromatic heterocycles. The number of nitrogens with zero attached hydrogens (tertiary/aromatic N) is 1. The van der Waals surface area contributed by atoms with Gasteiger partial charge >= 0.3 is 6.09 Å². The van der Waals surface area contributed by atoms with Gasteiger partial charge in [0.2, 0.25) is 11.8 Å². The third-order valence-electron chi connectivity index (χ3n) is 5.15. The summed E-state index contributed by atoms with van der Waals surface area (Å²) in [6.45, 7) is 10.7. The van der Waals surface area contributed by atoms with Crippen molar-refractivity contribution in [1.29, 1.82) is 0 Å². The van der Waals surface area contributed by atoms with E-state index in [0.29, 0.717) is 5.56 Å². The predicted molar refractivity (Wildman–Crippen MR) is 130 cm³/mol. The van der Waals surface area contributed by atoms with E-state index >= 15 is 0 Å². The Morgan fingerprint density at radius 1 is 1.15 bits per heavy atom. The van der Waals surface area contributed by atoms with E-state index in [9.17, 15) is 19.5 Å². The number of ether oxygens (including phenoxy) is 1. The van der Waals surface area contributed by atoms with Gasteiger partial charge in [-0.2, -0.15) is 12.6 Å². The van der Waals surface area contributed by atoms with Crippen molar-refractivity contribution in [3.63, 3.8) is 0 Å². The fourth-order valence-corrected chi connectivity index (χ4v) is 3.82. The molecule has 0 spiro atoms. The molecule has 1 aliphatic carbocycles. The summed E-state index contributed by atoms with van der Waals surface area (Å²) in [6, 6.07) is 4.24. The lowest BCUT2D eigenvalue weighted by Crippen LogP contribution is -2.59. The van der Waals surface area contributed by atoms with Crippen molar-refractivity contribution in [3.05, 3.63) is 29.8 Å². The summed E-state index contributed by atoms with van der Waals surface area (Å²) < 4.78 is 5.30. The lowest BCUT2D eigenvalue weighted by atomic mass is 9.87. The average molecular weight is 480 g/mol. The second kappa shape index (κ2) is 10.7. The van der Waals surface area contributed by atoms with E-state index in [0.717, 1.165) is 19.3 Å². The van der Waals surface area contributed by atoms with Crippen LogP contribution in [0.4, 0.5) is 4.79 Å². The summed E-state index contributed by atoms with van der Waals surface area (Å²) in [5.74, 6) is -0.904. The Morgan fingerprint density at radius 2 is 1.76 bits per heavy atom. The molecule has 2 unspecified atom stereocenters. The van der Waals surface area contributed by atoms with Crippen LogP contribution in [0, 0.1) is 0 Å². The number of phenols is 1. The van der Waals surface area contributed by atoms with Crippen molar-refractivity contribution in [2.24, 2.45) is 0 Å². The predicted octanol–water partition coefficient (Wildman–Crippen LogP) is 3.55. The van der Waals surface area contributed by atoms with Crippen LogP contribution in [-0.2, 0) is 14.3 Å². The molecule has 0 radical (unpaired) electrons. The maximum absolute atomic E-state index is 13.8. The van der Waals surface area contributed by atoms with Crippen LogP contribution in [0.25, 0.3) is 0 Å². The van der Waals surface area contributed by atoms with E-state index in [1.54, 1.807) is 39.0 Å². The maximum atomic E-state index is 13.8. The number of aromatic hydroxyl groups is 1. The minimum atomic E-state index is -1.06. The Kier molecular flexibility index (Phi) is 8.68. The van der Waals surface area contributed by atoms with E-state index in [4.69, 9.17) is 4.74 Å². The smallest absolute Gasteiger partial charge is 0.408 e. The summed E-state index contributed by atoms with van der Waals surface area (Å²) in [5.41, 5.74) is -0.951. The average Bonchev–Trinajstić information content (AvgIpc) is 2.62. The van der Waals surface area contributed by atoms with Crippen molar-refractivity contribution in [2.75, 3.05) is 5.75 Å². The van der Waals surface area contributed by atoms with Crippen LogP contribution in [0.1, 0.15) is 72.4 Å². The molecule has 1 aromatic carbocycles. The fourth-order valence-electron chi connectivity index (χ4n) is 3.57. The van der Waals surface area contributed by atoms with Gasteiger partial charge in [0.1, 0.15) is 23.4 Å². The molecular formula is C24H37N3O5S. The van der Waals surface area contributed by atoms with E-state index < -0.39 is 41.1 Å². The number of hydrogen-bond acceptors (Lipinski definition) is 6. The summed E-state index contributed by atoms with van der Waals surface area (Å²) in [4.78, 5) is 41.1. The molecular weight excluding hydrogens is 442 g/mol. The van der Waals surface area contributed by atoms with Crippen molar-refractivity contribution in [1.82, 2.24) is 15.5 Å². The highest BCUT2D eigenvalue weighted by molar-refractivity contribution is 7.80. The van der Waals surface area contributed by atoms with Gasteiger partial charge in [-0.3, -0.25) is 9.59 Å². The van der Waals surface area contributed by atoms with Gasteiger partial charge in [-0.05, 0) is 66.9 Å². The lowest BCUT2D eigenvalue weighted by Gasteiger charge is -2.44. The van der Waals surface area contributed by atoms with Crippen LogP contribution in [0.3, 0.4) is 0 Å². The van der Waals surface area contributed by atoms with Crippen molar-refractivity contribution in [2.45, 2.75) is 90.1 Å². The SMILES string of the molecule is CC(C)(C)NC(=O)C(c1ccccc1O)N(C(=O)C(CS)NC(=O)OC(C)(C)C)C1CCC1. The van der Waals surface area contributed by atoms with Gasteiger partial charge in [0, 0.05) is 22.9 Å². The Balaban J connectivity index is 2.45. The molecule has 1 fully saturated rings. The number of rotatable bonds is 7. The second-order valence-corrected chi connectivity index (χ2v) is 10.8. The van der Waals surface area contributed by atoms with Gasteiger partial charge in [0.25, 0.3) is 0 Å². The van der Waals surface area contributed by atoms with E-state index in [1.807, 2.05) is 20.8 Å². The van der Waals surface area contributed by atoms with Gasteiger partial charge < -0.3 is 25.4 Å². The van der Waals surface area contributed by atoms with Gasteiger partial charge in [-0.1, -0.05) is 18.2 Å². The number of alkyl carbamates (subject to hydrolysis) is 1. The van der Waals surface area contributed by atoms with Crippen LogP contribution in [0.15, 0.2) is 24.3 Å². The summed E-state index contributed by atoms with van der Waals surface area (Å²) in [7, 11) is 0. The minimum Gasteiger partial charge on any atom is -0.508 e. The zero-order chi connectivity index (χ0) is 25.0. The fraction of sp³-hybridized carbons (Fsp3) is 0.625. The molecule has 1 aliphatic rings. The van der Waals surface area contributed by atoms with Gasteiger partial charge in [-0.15, -0.1) is 0 Å². The van der Waals surface area contributed by atoms with Crippen molar-refractivity contribution in [3.8, 4) is 5.75 Å². The first-order valence-electron chi connectivity index (χ1n) is 11.3. The largest absolute Gasteiger partial charge is 0.508 e. The molecule has 33 heavy (non-hydrogen) atoms. The topological polar surface area (TPSA) is 108 Å². The Hall–Kier alpha value is -2.42. The molecule has 9 heteroatoms. The molecule has 0 bridgehead atoms. The molecule has 8 nitrogen and oxygen atoms in total. The van der Waals surface area contributed by atoms with Gasteiger partial charge in [0.05, 0.1) is 0 Å². The minimum absolute atomic E-state index is 0.0235. The lowest BCUT2D eigenvalue weighted by molar-refractivity contribution is -0.147. The number of thiol groups is 1. The number of para-hydroxylation sites is 1. The summed E-state index contributed by atoms with van der Waals surface area (Å²) in [6.07, 6.45) is 1.64. The first kappa shape index (κ1) is 26.8. The molecule has 3 amide bonds. The number of benzene rings is 1. The van der Waals surface area contributed by atoms with Crippen molar-refractivity contribution >= 4 is 30.5 Å². The van der Waals surface area contributed by atoms with Gasteiger partial charge in [0.15, 0.2) is 0 Å². The maximum Gasteiger partial charge on any atom is 0.408 e. The Labute approximate surface area is 201 Å². The third-order valence-corrected chi connectivity index (χ3v) is 5.52. The first-order chi connectivity index (χ1) is 15.2. The molecule has 2 atom stereocenters. The Bertz CT molecular complexity index is 858. The number of hydrogen-bond donors (Lipinski definition) is 4. The second-order valence-electron chi connectivity index (χ2n) is 10.4.